The molecule has 0 aliphatic carbocycles. The number of amides is 1. The molecule has 0 saturated heterocycles. The van der Waals surface area contributed by atoms with E-state index in [1.807, 2.05) is 0 Å². The second-order valence-corrected chi connectivity index (χ2v) is 3.74. The van der Waals surface area contributed by atoms with Crippen molar-refractivity contribution in [3.8, 4) is 0 Å². The Morgan fingerprint density at radius 3 is 2.93 bits per heavy atom. The Morgan fingerprint density at radius 1 is 1.57 bits per heavy atom. The number of amidine groups is 1. The van der Waals surface area contributed by atoms with E-state index in [4.69, 9.17) is 0 Å². The number of nitrogens with one attached hydrogen (secondary N) is 1. The molecule has 1 rings (SSSR count). The topological polar surface area (TPSA) is 67.8 Å². The second kappa shape index (κ2) is 5.64. The molecule has 0 aromatic rings. The highest BCUT2D eigenvalue weighted by Gasteiger charge is 2.12. The number of hydrogen-bond acceptors (Lipinski definition) is 5. The van der Waals surface area contributed by atoms with Gasteiger partial charge in [-0.25, -0.2) is 0 Å². The second-order valence-electron chi connectivity index (χ2n) is 2.66. The maximum atomic E-state index is 11.2. The van der Waals surface area contributed by atoms with Crippen molar-refractivity contribution in [1.29, 1.82) is 0 Å². The van der Waals surface area contributed by atoms with Crippen LogP contribution in [0.15, 0.2) is 4.99 Å². The molecular weight excluding hydrogens is 204 g/mol. The maximum absolute atomic E-state index is 11.2. The number of nitrogens with zero attached hydrogens (tertiary/aromatic N) is 1. The molecule has 14 heavy (non-hydrogen) atoms. The van der Waals surface area contributed by atoms with E-state index >= 15 is 0 Å². The Labute approximate surface area is 86.3 Å². The summed E-state index contributed by atoms with van der Waals surface area (Å²) in [5.74, 6) is 0.344. The lowest BCUT2D eigenvalue weighted by Crippen LogP contribution is -2.27. The van der Waals surface area contributed by atoms with Crippen LogP contribution in [0.25, 0.3) is 0 Å². The van der Waals surface area contributed by atoms with Crippen molar-refractivity contribution in [2.24, 2.45) is 4.99 Å². The third kappa shape index (κ3) is 3.78. The Hall–Kier alpha value is -1.04. The van der Waals surface area contributed by atoms with Crippen LogP contribution in [0.5, 0.6) is 0 Å². The predicted molar refractivity (Wildman–Crippen MR) is 54.2 cm³/mol. The Balaban J connectivity index is 2.18. The third-order valence-corrected chi connectivity index (χ3v) is 2.51. The van der Waals surface area contributed by atoms with Crippen molar-refractivity contribution in [3.63, 3.8) is 0 Å². The SMILES string of the molecule is COC(=O)CCC(=O)NC1=NCCS1. The van der Waals surface area contributed by atoms with Crippen LogP contribution in [-0.4, -0.2) is 36.5 Å². The molecule has 0 radical (unpaired) electrons. The molecule has 1 aliphatic rings. The Kier molecular flexibility index (Phi) is 4.45. The van der Waals surface area contributed by atoms with Crippen LogP contribution in [0.2, 0.25) is 0 Å². The molecule has 78 valence electrons. The molecule has 5 nitrogen and oxygen atoms in total. The minimum atomic E-state index is -0.374. The van der Waals surface area contributed by atoms with Crippen molar-refractivity contribution in [3.05, 3.63) is 0 Å². The van der Waals surface area contributed by atoms with Crippen LogP contribution in [0.3, 0.4) is 0 Å². The smallest absolute Gasteiger partial charge is 0.306 e. The van der Waals surface area contributed by atoms with Crippen molar-refractivity contribution in [2.45, 2.75) is 12.8 Å². The molecule has 6 heteroatoms. The summed E-state index contributed by atoms with van der Waals surface area (Å²) < 4.78 is 4.42. The van der Waals surface area contributed by atoms with Crippen LogP contribution in [-0.2, 0) is 14.3 Å². The number of carbonyl (C=O) groups excluding carboxylic acids is 2. The van der Waals surface area contributed by atoms with Gasteiger partial charge in [0.05, 0.1) is 20.1 Å². The zero-order valence-electron chi connectivity index (χ0n) is 7.91. The molecule has 0 atom stereocenters. The zero-order chi connectivity index (χ0) is 10.4. The third-order valence-electron chi connectivity index (χ3n) is 1.62. The highest BCUT2D eigenvalue weighted by molar-refractivity contribution is 8.14. The number of aliphatic imine (C=N–C) groups is 1. The minimum Gasteiger partial charge on any atom is -0.469 e. The summed E-state index contributed by atoms with van der Waals surface area (Å²) in [6, 6.07) is 0. The van der Waals surface area contributed by atoms with E-state index in [0.29, 0.717) is 5.17 Å². The molecule has 0 aromatic heterocycles. The van der Waals surface area contributed by atoms with Gasteiger partial charge in [-0.2, -0.15) is 0 Å². The van der Waals surface area contributed by atoms with Crippen molar-refractivity contribution < 1.29 is 14.3 Å². The number of methoxy groups -OCH3 is 1. The quantitative estimate of drug-likeness (QED) is 0.682. The van der Waals surface area contributed by atoms with Crippen LogP contribution < -0.4 is 5.32 Å². The van der Waals surface area contributed by atoms with Gasteiger partial charge in [-0.1, -0.05) is 11.8 Å². The monoisotopic (exact) mass is 216 g/mol. The first-order valence-corrected chi connectivity index (χ1v) is 5.25. The lowest BCUT2D eigenvalue weighted by atomic mass is 10.3. The van der Waals surface area contributed by atoms with Gasteiger partial charge in [0, 0.05) is 12.2 Å². The summed E-state index contributed by atoms with van der Waals surface area (Å²) in [7, 11) is 1.30. The zero-order valence-corrected chi connectivity index (χ0v) is 8.73. The largest absolute Gasteiger partial charge is 0.469 e. The number of esters is 1. The summed E-state index contributed by atoms with van der Waals surface area (Å²) in [6.45, 7) is 0.747. The maximum Gasteiger partial charge on any atom is 0.306 e. The van der Waals surface area contributed by atoms with E-state index in [1.165, 1.54) is 18.9 Å². The molecule has 0 saturated carbocycles. The average molecular weight is 216 g/mol. The Bertz CT molecular complexity index is 265. The first-order chi connectivity index (χ1) is 6.72. The van der Waals surface area contributed by atoms with Gasteiger partial charge in [-0.3, -0.25) is 14.6 Å². The highest BCUT2D eigenvalue weighted by Crippen LogP contribution is 2.09. The summed E-state index contributed by atoms with van der Waals surface area (Å²) >= 11 is 1.51. The van der Waals surface area contributed by atoms with E-state index in [-0.39, 0.29) is 24.7 Å². The molecule has 0 aromatic carbocycles. The van der Waals surface area contributed by atoms with E-state index in [2.05, 4.69) is 15.0 Å². The molecule has 1 amide bonds. The van der Waals surface area contributed by atoms with Gasteiger partial charge < -0.3 is 10.1 Å². The normalized spacial score (nSPS) is 14.8. The lowest BCUT2D eigenvalue weighted by Gasteiger charge is -2.02. The summed E-state index contributed by atoms with van der Waals surface area (Å²) in [5, 5.41) is 3.28. The number of thioether (sulfide) groups is 1. The van der Waals surface area contributed by atoms with Crippen molar-refractivity contribution in [1.82, 2.24) is 5.32 Å². The van der Waals surface area contributed by atoms with Gasteiger partial charge in [-0.15, -0.1) is 0 Å². The van der Waals surface area contributed by atoms with E-state index in [0.717, 1.165) is 12.3 Å². The van der Waals surface area contributed by atoms with Crippen LogP contribution in [0, 0.1) is 0 Å². The standard InChI is InChI=1S/C8H12N2O3S/c1-13-7(12)3-2-6(11)10-8-9-4-5-14-8/h2-5H2,1H3,(H,9,10,11). The first-order valence-electron chi connectivity index (χ1n) is 4.26. The first kappa shape index (κ1) is 11.0. The predicted octanol–water partition coefficient (Wildman–Crippen LogP) is 0.159. The van der Waals surface area contributed by atoms with Crippen LogP contribution >= 0.6 is 11.8 Å². The van der Waals surface area contributed by atoms with Gasteiger partial charge in [0.25, 0.3) is 0 Å². The number of carbonyl (C=O) groups is 2. The fourth-order valence-corrected chi connectivity index (χ4v) is 1.65. The molecule has 0 fully saturated rings. The lowest BCUT2D eigenvalue weighted by molar-refractivity contribution is -0.142. The Morgan fingerprint density at radius 2 is 2.36 bits per heavy atom. The summed E-state index contributed by atoms with van der Waals surface area (Å²) in [5.41, 5.74) is 0. The van der Waals surface area contributed by atoms with Crippen LogP contribution in [0.1, 0.15) is 12.8 Å². The van der Waals surface area contributed by atoms with E-state index < -0.39 is 0 Å². The fraction of sp³-hybridized carbons (Fsp3) is 0.625. The van der Waals surface area contributed by atoms with Crippen LogP contribution in [0.4, 0.5) is 0 Å². The van der Waals surface area contributed by atoms with Crippen molar-refractivity contribution >= 4 is 28.8 Å². The average Bonchev–Trinajstić information content (AvgIpc) is 2.66. The van der Waals surface area contributed by atoms with Gasteiger partial charge in [0.1, 0.15) is 0 Å². The molecular formula is C8H12N2O3S. The number of ether oxygens (including phenoxy) is 1. The number of hydrogen-bond donors (Lipinski definition) is 1. The number of rotatable bonds is 3. The minimum absolute atomic E-state index is 0.111. The fourth-order valence-electron chi connectivity index (χ4n) is 0.910. The van der Waals surface area contributed by atoms with Gasteiger partial charge in [0.15, 0.2) is 5.17 Å². The molecule has 0 spiro atoms. The van der Waals surface area contributed by atoms with Crippen molar-refractivity contribution in [2.75, 3.05) is 19.4 Å². The highest BCUT2D eigenvalue weighted by atomic mass is 32.2. The summed E-state index contributed by atoms with van der Waals surface area (Å²) in [4.78, 5) is 26.0. The van der Waals surface area contributed by atoms with Gasteiger partial charge in [-0.05, 0) is 0 Å². The van der Waals surface area contributed by atoms with Gasteiger partial charge in [0.2, 0.25) is 5.91 Å². The van der Waals surface area contributed by atoms with E-state index in [1.54, 1.807) is 0 Å². The molecule has 1 heterocycles. The molecule has 1 aliphatic heterocycles. The molecule has 1 N–H and O–H groups in total. The van der Waals surface area contributed by atoms with Gasteiger partial charge >= 0.3 is 5.97 Å². The summed E-state index contributed by atoms with van der Waals surface area (Å²) in [6.07, 6.45) is 0.256. The van der Waals surface area contributed by atoms with E-state index in [9.17, 15) is 9.59 Å². The molecule has 0 unspecified atom stereocenters. The molecule has 0 bridgehead atoms.